The first-order chi connectivity index (χ1) is 9.29. The average Bonchev–Trinajstić information content (AvgIpc) is 2.98. The van der Waals surface area contributed by atoms with Crippen LogP contribution >= 0.6 is 0 Å². The van der Waals surface area contributed by atoms with E-state index >= 15 is 0 Å². The molecule has 2 aromatic rings. The van der Waals surface area contributed by atoms with Gasteiger partial charge in [-0.15, -0.1) is 0 Å². The maximum Gasteiger partial charge on any atom is 0.254 e. The molecule has 0 fully saturated rings. The van der Waals surface area contributed by atoms with Crippen molar-refractivity contribution in [3.05, 3.63) is 59.5 Å². The molecule has 2 rings (SSSR count). The number of nitrogens with one attached hydrogen (secondary N) is 1. The summed E-state index contributed by atoms with van der Waals surface area (Å²) in [6.45, 7) is 3.80. The van der Waals surface area contributed by atoms with Gasteiger partial charge in [0.25, 0.3) is 5.91 Å². The Morgan fingerprint density at radius 2 is 1.95 bits per heavy atom. The van der Waals surface area contributed by atoms with Gasteiger partial charge in [0.2, 0.25) is 0 Å². The van der Waals surface area contributed by atoms with Crippen molar-refractivity contribution in [3.8, 4) is 0 Å². The highest BCUT2D eigenvalue weighted by atomic mass is 16.5. The number of hydrogen-bond acceptors (Lipinski definition) is 3. The summed E-state index contributed by atoms with van der Waals surface area (Å²) in [4.78, 5) is 11.7. The van der Waals surface area contributed by atoms with Gasteiger partial charge < -0.3 is 14.5 Å². The third-order valence-corrected chi connectivity index (χ3v) is 2.73. The second-order valence-electron chi connectivity index (χ2n) is 4.15. The number of carbonyl (C=O) groups excluding carboxylic acids is 1. The molecule has 1 amide bonds. The molecule has 4 heteroatoms. The number of benzene rings is 1. The SMILES string of the molecule is CCOCc1ccc(CNC(=O)c2ccoc2)cc1. The van der Waals surface area contributed by atoms with E-state index in [1.807, 2.05) is 31.2 Å². The molecular weight excluding hydrogens is 242 g/mol. The molecule has 0 unspecified atom stereocenters. The van der Waals surface area contributed by atoms with E-state index in [1.165, 1.54) is 12.5 Å². The molecule has 1 heterocycles. The van der Waals surface area contributed by atoms with Crippen LogP contribution in [0.4, 0.5) is 0 Å². The van der Waals surface area contributed by atoms with Crippen molar-refractivity contribution in [1.82, 2.24) is 5.32 Å². The zero-order valence-corrected chi connectivity index (χ0v) is 10.9. The molecule has 0 saturated carbocycles. The summed E-state index contributed by atoms with van der Waals surface area (Å²) < 4.78 is 10.2. The minimum absolute atomic E-state index is 0.132. The minimum Gasteiger partial charge on any atom is -0.472 e. The van der Waals surface area contributed by atoms with Gasteiger partial charge in [-0.3, -0.25) is 4.79 Å². The number of hydrogen-bond donors (Lipinski definition) is 1. The lowest BCUT2D eigenvalue weighted by Gasteiger charge is -2.06. The Morgan fingerprint density at radius 3 is 2.58 bits per heavy atom. The molecular formula is C15H17NO3. The highest BCUT2D eigenvalue weighted by Gasteiger charge is 2.05. The van der Waals surface area contributed by atoms with Crippen molar-refractivity contribution in [1.29, 1.82) is 0 Å². The Hall–Kier alpha value is -2.07. The van der Waals surface area contributed by atoms with Crippen LogP contribution < -0.4 is 5.32 Å². The van der Waals surface area contributed by atoms with Crippen LogP contribution in [0.2, 0.25) is 0 Å². The van der Waals surface area contributed by atoms with Gasteiger partial charge in [0.15, 0.2) is 0 Å². The lowest BCUT2D eigenvalue weighted by molar-refractivity contribution is 0.0950. The van der Waals surface area contributed by atoms with Crippen LogP contribution in [0, 0.1) is 0 Å². The Labute approximate surface area is 112 Å². The molecule has 0 aliphatic rings. The fraction of sp³-hybridized carbons (Fsp3) is 0.267. The maximum atomic E-state index is 11.7. The van der Waals surface area contributed by atoms with Crippen molar-refractivity contribution in [2.75, 3.05) is 6.61 Å². The standard InChI is InChI=1S/C15H17NO3/c1-2-18-10-13-5-3-12(4-6-13)9-16-15(17)14-7-8-19-11-14/h3-8,11H,2,9-10H2,1H3,(H,16,17). The minimum atomic E-state index is -0.132. The Morgan fingerprint density at radius 1 is 1.21 bits per heavy atom. The summed E-state index contributed by atoms with van der Waals surface area (Å²) in [5.41, 5.74) is 2.72. The van der Waals surface area contributed by atoms with Gasteiger partial charge in [-0.05, 0) is 24.1 Å². The first-order valence-electron chi connectivity index (χ1n) is 6.25. The summed E-state index contributed by atoms with van der Waals surface area (Å²) in [6.07, 6.45) is 2.91. The van der Waals surface area contributed by atoms with Crippen LogP contribution in [-0.2, 0) is 17.9 Å². The lowest BCUT2D eigenvalue weighted by atomic mass is 10.1. The number of ether oxygens (including phenoxy) is 1. The zero-order chi connectivity index (χ0) is 13.5. The molecule has 1 aromatic heterocycles. The van der Waals surface area contributed by atoms with Gasteiger partial charge >= 0.3 is 0 Å². The molecule has 0 aliphatic carbocycles. The van der Waals surface area contributed by atoms with E-state index in [9.17, 15) is 4.79 Å². The van der Waals surface area contributed by atoms with E-state index < -0.39 is 0 Å². The van der Waals surface area contributed by atoms with Gasteiger partial charge in [0.1, 0.15) is 6.26 Å². The second kappa shape index (κ2) is 6.75. The van der Waals surface area contributed by atoms with Crippen molar-refractivity contribution in [2.24, 2.45) is 0 Å². The predicted molar refractivity (Wildman–Crippen MR) is 71.7 cm³/mol. The molecule has 0 aliphatic heterocycles. The van der Waals surface area contributed by atoms with Gasteiger partial charge in [0, 0.05) is 13.2 Å². The van der Waals surface area contributed by atoms with Gasteiger partial charge in [-0.1, -0.05) is 24.3 Å². The van der Waals surface area contributed by atoms with Gasteiger partial charge in [0.05, 0.1) is 18.4 Å². The molecule has 19 heavy (non-hydrogen) atoms. The van der Waals surface area contributed by atoms with E-state index in [2.05, 4.69) is 5.32 Å². The smallest absolute Gasteiger partial charge is 0.254 e. The normalized spacial score (nSPS) is 10.4. The largest absolute Gasteiger partial charge is 0.472 e. The van der Waals surface area contributed by atoms with Crippen LogP contribution in [0.5, 0.6) is 0 Å². The van der Waals surface area contributed by atoms with Crippen molar-refractivity contribution in [3.63, 3.8) is 0 Å². The summed E-state index contributed by atoms with van der Waals surface area (Å²) in [7, 11) is 0. The Kier molecular flexibility index (Phi) is 4.75. The summed E-state index contributed by atoms with van der Waals surface area (Å²) in [5, 5.41) is 2.83. The highest BCUT2D eigenvalue weighted by molar-refractivity contribution is 5.93. The summed E-state index contributed by atoms with van der Waals surface area (Å²) in [6, 6.07) is 9.64. The first kappa shape index (κ1) is 13.4. The number of carbonyl (C=O) groups is 1. The summed E-state index contributed by atoms with van der Waals surface area (Å²) >= 11 is 0. The lowest BCUT2D eigenvalue weighted by Crippen LogP contribution is -2.22. The van der Waals surface area contributed by atoms with Crippen LogP contribution in [0.25, 0.3) is 0 Å². The van der Waals surface area contributed by atoms with Crippen molar-refractivity contribution in [2.45, 2.75) is 20.1 Å². The molecule has 1 N–H and O–H groups in total. The molecule has 100 valence electrons. The number of furan rings is 1. The maximum absolute atomic E-state index is 11.7. The monoisotopic (exact) mass is 259 g/mol. The molecule has 1 aromatic carbocycles. The zero-order valence-electron chi connectivity index (χ0n) is 10.9. The molecule has 0 saturated heterocycles. The topological polar surface area (TPSA) is 51.5 Å². The van der Waals surface area contributed by atoms with Crippen molar-refractivity contribution >= 4 is 5.91 Å². The highest BCUT2D eigenvalue weighted by Crippen LogP contribution is 2.06. The van der Waals surface area contributed by atoms with Gasteiger partial charge in [-0.25, -0.2) is 0 Å². The molecule has 0 bridgehead atoms. The van der Waals surface area contributed by atoms with Crippen LogP contribution in [0.15, 0.2) is 47.3 Å². The first-order valence-corrected chi connectivity index (χ1v) is 6.25. The molecule has 0 spiro atoms. The van der Waals surface area contributed by atoms with Crippen LogP contribution in [-0.4, -0.2) is 12.5 Å². The number of amides is 1. The van der Waals surface area contributed by atoms with E-state index in [-0.39, 0.29) is 5.91 Å². The number of rotatable bonds is 6. The van der Waals surface area contributed by atoms with E-state index in [0.717, 1.165) is 11.1 Å². The summed E-state index contributed by atoms with van der Waals surface area (Å²) in [5.74, 6) is -0.132. The Balaban J connectivity index is 1.84. The quantitative estimate of drug-likeness (QED) is 0.867. The third kappa shape index (κ3) is 3.96. The Bertz CT molecular complexity index is 503. The predicted octanol–water partition coefficient (Wildman–Crippen LogP) is 2.75. The fourth-order valence-electron chi connectivity index (χ4n) is 1.65. The fourth-order valence-corrected chi connectivity index (χ4v) is 1.65. The molecule has 0 radical (unpaired) electrons. The molecule has 0 atom stereocenters. The van der Waals surface area contributed by atoms with E-state index in [0.29, 0.717) is 25.3 Å². The van der Waals surface area contributed by atoms with E-state index in [4.69, 9.17) is 9.15 Å². The van der Waals surface area contributed by atoms with Crippen LogP contribution in [0.1, 0.15) is 28.4 Å². The van der Waals surface area contributed by atoms with Crippen molar-refractivity contribution < 1.29 is 13.9 Å². The van der Waals surface area contributed by atoms with Gasteiger partial charge in [-0.2, -0.15) is 0 Å². The second-order valence-corrected chi connectivity index (χ2v) is 4.15. The van der Waals surface area contributed by atoms with E-state index in [1.54, 1.807) is 6.07 Å². The molecule has 4 nitrogen and oxygen atoms in total. The van der Waals surface area contributed by atoms with Crippen LogP contribution in [0.3, 0.4) is 0 Å². The third-order valence-electron chi connectivity index (χ3n) is 2.73. The average molecular weight is 259 g/mol.